The fraction of sp³-hybridized carbons (Fsp3) is 0.400. The highest BCUT2D eigenvalue weighted by atomic mass is 32.2. The minimum atomic E-state index is -3.22. The summed E-state index contributed by atoms with van der Waals surface area (Å²) in [6.45, 7) is 1.39. The van der Waals surface area contributed by atoms with Gasteiger partial charge in [0.2, 0.25) is 10.0 Å². The second-order valence-electron chi connectivity index (χ2n) is 5.68. The SMILES string of the molecule is CS(=O)(=O)N[C@H]1CCCN(c2ccc3ccc(F)cc3n2)C1. The number of hydrogen-bond acceptors (Lipinski definition) is 4. The van der Waals surface area contributed by atoms with Gasteiger partial charge in [-0.1, -0.05) is 0 Å². The number of anilines is 1. The molecule has 2 aromatic rings. The summed E-state index contributed by atoms with van der Waals surface area (Å²) in [5.74, 6) is 0.436. The maximum Gasteiger partial charge on any atom is 0.209 e. The molecular formula is C15H18FN3O2S. The quantitative estimate of drug-likeness (QED) is 0.937. The van der Waals surface area contributed by atoms with E-state index in [4.69, 9.17) is 0 Å². The third-order valence-corrected chi connectivity index (χ3v) is 4.53. The van der Waals surface area contributed by atoms with Crippen molar-refractivity contribution >= 4 is 26.7 Å². The highest BCUT2D eigenvalue weighted by Gasteiger charge is 2.23. The van der Waals surface area contributed by atoms with Gasteiger partial charge in [-0.15, -0.1) is 0 Å². The molecule has 1 aromatic carbocycles. The number of sulfonamides is 1. The Balaban J connectivity index is 1.83. The standard InChI is InChI=1S/C15H18FN3O2S/c1-22(20,21)18-13-3-2-8-19(10-13)15-7-5-11-4-6-12(16)9-14(11)17-15/h4-7,9,13,18H,2-3,8,10H2,1H3/t13-/m0/s1. The molecule has 3 rings (SSSR count). The third kappa shape index (κ3) is 3.53. The highest BCUT2D eigenvalue weighted by Crippen LogP contribution is 2.22. The lowest BCUT2D eigenvalue weighted by Crippen LogP contribution is -2.47. The van der Waals surface area contributed by atoms with Gasteiger partial charge >= 0.3 is 0 Å². The molecule has 2 heterocycles. The van der Waals surface area contributed by atoms with Crippen molar-refractivity contribution in [2.24, 2.45) is 0 Å². The van der Waals surface area contributed by atoms with Gasteiger partial charge in [0.25, 0.3) is 0 Å². The molecule has 0 saturated carbocycles. The maximum atomic E-state index is 13.3. The van der Waals surface area contributed by atoms with E-state index in [2.05, 4.69) is 9.71 Å². The zero-order valence-corrected chi connectivity index (χ0v) is 13.1. The number of piperidine rings is 1. The van der Waals surface area contributed by atoms with Gasteiger partial charge in [-0.3, -0.25) is 0 Å². The molecule has 0 radical (unpaired) electrons. The third-order valence-electron chi connectivity index (χ3n) is 3.77. The number of nitrogens with one attached hydrogen (secondary N) is 1. The molecule has 0 spiro atoms. The maximum absolute atomic E-state index is 13.3. The van der Waals surface area contributed by atoms with E-state index in [-0.39, 0.29) is 11.9 Å². The van der Waals surface area contributed by atoms with Crippen LogP contribution in [0.25, 0.3) is 10.9 Å². The molecule has 1 saturated heterocycles. The van der Waals surface area contributed by atoms with Gasteiger partial charge in [0.15, 0.2) is 0 Å². The zero-order chi connectivity index (χ0) is 15.7. The van der Waals surface area contributed by atoms with Crippen molar-refractivity contribution in [2.75, 3.05) is 24.2 Å². The molecule has 1 aliphatic rings. The van der Waals surface area contributed by atoms with Gasteiger partial charge < -0.3 is 4.90 Å². The molecule has 22 heavy (non-hydrogen) atoms. The lowest BCUT2D eigenvalue weighted by molar-refractivity contribution is 0.466. The van der Waals surface area contributed by atoms with Crippen LogP contribution in [0, 0.1) is 5.82 Å². The summed E-state index contributed by atoms with van der Waals surface area (Å²) in [4.78, 5) is 6.54. The van der Waals surface area contributed by atoms with Crippen LogP contribution in [0.3, 0.4) is 0 Å². The van der Waals surface area contributed by atoms with Crippen LogP contribution in [0.15, 0.2) is 30.3 Å². The molecule has 5 nitrogen and oxygen atoms in total. The summed E-state index contributed by atoms with van der Waals surface area (Å²) in [6, 6.07) is 8.21. The number of rotatable bonds is 3. The Hall–Kier alpha value is -1.73. The van der Waals surface area contributed by atoms with Crippen LogP contribution in [0.5, 0.6) is 0 Å². The Morgan fingerprint density at radius 3 is 2.86 bits per heavy atom. The number of halogens is 1. The minimum Gasteiger partial charge on any atom is -0.355 e. The monoisotopic (exact) mass is 323 g/mol. The van der Waals surface area contributed by atoms with Crippen LogP contribution in [-0.2, 0) is 10.0 Å². The molecule has 1 N–H and O–H groups in total. The van der Waals surface area contributed by atoms with Gasteiger partial charge in [-0.25, -0.2) is 22.5 Å². The first-order chi connectivity index (χ1) is 10.4. The highest BCUT2D eigenvalue weighted by molar-refractivity contribution is 7.88. The molecule has 1 fully saturated rings. The van der Waals surface area contributed by atoms with E-state index in [1.807, 2.05) is 17.0 Å². The van der Waals surface area contributed by atoms with Crippen LogP contribution >= 0.6 is 0 Å². The molecular weight excluding hydrogens is 305 g/mol. The van der Waals surface area contributed by atoms with E-state index < -0.39 is 10.0 Å². The van der Waals surface area contributed by atoms with Crippen LogP contribution < -0.4 is 9.62 Å². The largest absolute Gasteiger partial charge is 0.355 e. The van der Waals surface area contributed by atoms with E-state index >= 15 is 0 Å². The molecule has 7 heteroatoms. The molecule has 1 aromatic heterocycles. The van der Waals surface area contributed by atoms with Gasteiger partial charge in [-0.05, 0) is 37.1 Å². The lowest BCUT2D eigenvalue weighted by Gasteiger charge is -2.33. The average Bonchev–Trinajstić information content (AvgIpc) is 2.45. The molecule has 1 aliphatic heterocycles. The second kappa shape index (κ2) is 5.81. The smallest absolute Gasteiger partial charge is 0.209 e. The summed E-state index contributed by atoms with van der Waals surface area (Å²) >= 11 is 0. The van der Waals surface area contributed by atoms with Crippen molar-refractivity contribution < 1.29 is 12.8 Å². The Kier molecular flexibility index (Phi) is 4.01. The van der Waals surface area contributed by atoms with Crippen LogP contribution in [0.1, 0.15) is 12.8 Å². The topological polar surface area (TPSA) is 62.3 Å². The predicted octanol–water partition coefficient (Wildman–Crippen LogP) is 1.89. The van der Waals surface area contributed by atoms with Gasteiger partial charge in [-0.2, -0.15) is 0 Å². The Labute approximate surface area is 129 Å². The number of benzene rings is 1. The average molecular weight is 323 g/mol. The van der Waals surface area contributed by atoms with Gasteiger partial charge in [0.05, 0.1) is 11.8 Å². The fourth-order valence-electron chi connectivity index (χ4n) is 2.84. The molecule has 0 unspecified atom stereocenters. The van der Waals surface area contributed by atoms with E-state index in [9.17, 15) is 12.8 Å². The zero-order valence-electron chi connectivity index (χ0n) is 12.3. The fourth-order valence-corrected chi connectivity index (χ4v) is 3.64. The van der Waals surface area contributed by atoms with E-state index in [0.29, 0.717) is 12.1 Å². The molecule has 1 atom stereocenters. The number of pyridine rings is 1. The van der Waals surface area contributed by atoms with Gasteiger partial charge in [0, 0.05) is 30.6 Å². The van der Waals surface area contributed by atoms with E-state index in [0.717, 1.165) is 30.6 Å². The predicted molar refractivity (Wildman–Crippen MR) is 84.9 cm³/mol. The Bertz CT molecular complexity index is 794. The molecule has 0 bridgehead atoms. The second-order valence-corrected chi connectivity index (χ2v) is 7.46. The summed E-state index contributed by atoms with van der Waals surface area (Å²) in [6.07, 6.45) is 2.87. The molecule has 0 amide bonds. The summed E-state index contributed by atoms with van der Waals surface area (Å²) < 4.78 is 38.7. The summed E-state index contributed by atoms with van der Waals surface area (Å²) in [5, 5.41) is 0.882. The van der Waals surface area contributed by atoms with E-state index in [1.54, 1.807) is 6.07 Å². The number of aromatic nitrogens is 1. The summed E-state index contributed by atoms with van der Waals surface area (Å²) in [7, 11) is -3.22. The van der Waals surface area contributed by atoms with Crippen LogP contribution in [0.4, 0.5) is 10.2 Å². The molecule has 118 valence electrons. The van der Waals surface area contributed by atoms with Crippen molar-refractivity contribution in [3.05, 3.63) is 36.1 Å². The van der Waals surface area contributed by atoms with Crippen molar-refractivity contribution in [3.8, 4) is 0 Å². The Morgan fingerprint density at radius 2 is 2.09 bits per heavy atom. The van der Waals surface area contributed by atoms with Crippen LogP contribution in [-0.4, -0.2) is 38.8 Å². The van der Waals surface area contributed by atoms with E-state index in [1.165, 1.54) is 18.4 Å². The van der Waals surface area contributed by atoms with Crippen molar-refractivity contribution in [1.29, 1.82) is 0 Å². The first kappa shape index (κ1) is 15.2. The van der Waals surface area contributed by atoms with Crippen molar-refractivity contribution in [2.45, 2.75) is 18.9 Å². The molecule has 0 aliphatic carbocycles. The van der Waals surface area contributed by atoms with Crippen LogP contribution in [0.2, 0.25) is 0 Å². The number of fused-ring (bicyclic) bond motifs is 1. The normalized spacial score (nSPS) is 19.5. The first-order valence-electron chi connectivity index (χ1n) is 7.19. The number of nitrogens with zero attached hydrogens (tertiary/aromatic N) is 2. The summed E-state index contributed by atoms with van der Waals surface area (Å²) in [5.41, 5.74) is 0.607. The van der Waals surface area contributed by atoms with Crippen molar-refractivity contribution in [1.82, 2.24) is 9.71 Å². The Morgan fingerprint density at radius 1 is 1.32 bits per heavy atom. The minimum absolute atomic E-state index is 0.117. The van der Waals surface area contributed by atoms with Gasteiger partial charge in [0.1, 0.15) is 11.6 Å². The lowest BCUT2D eigenvalue weighted by atomic mass is 10.1. The van der Waals surface area contributed by atoms with Crippen molar-refractivity contribution in [3.63, 3.8) is 0 Å². The number of hydrogen-bond donors (Lipinski definition) is 1. The first-order valence-corrected chi connectivity index (χ1v) is 9.08.